The molecule has 1 unspecified atom stereocenters. The lowest BCUT2D eigenvalue weighted by Crippen LogP contribution is -2.51. The fourth-order valence-electron chi connectivity index (χ4n) is 2.16. The van der Waals surface area contributed by atoms with Crippen LogP contribution < -0.4 is 15.8 Å². The van der Waals surface area contributed by atoms with Crippen molar-refractivity contribution in [2.75, 3.05) is 25.0 Å². The number of carbonyl (C=O) groups is 2. The Hall–Kier alpha value is -2.65. The van der Waals surface area contributed by atoms with Gasteiger partial charge in [0.1, 0.15) is 18.1 Å². The van der Waals surface area contributed by atoms with Gasteiger partial charge in [-0.2, -0.15) is 13.2 Å². The van der Waals surface area contributed by atoms with Gasteiger partial charge < -0.3 is 25.8 Å². The van der Waals surface area contributed by atoms with Crippen LogP contribution in [0.3, 0.4) is 0 Å². The standard InChI is InChI=1S/C13H14F3N3O4/c14-13(15,16)12(22)19(5-11(17)21)4-7-6-23-10-2-1-8(20)3-9(10)18-7/h1-3,7,18,20H,4-6H2,(H2,17,21). The third kappa shape index (κ3) is 4.18. The molecule has 0 radical (unpaired) electrons. The van der Waals surface area contributed by atoms with Crippen LogP contribution >= 0.6 is 0 Å². The number of halogens is 3. The summed E-state index contributed by atoms with van der Waals surface area (Å²) in [6.45, 7) is -1.31. The summed E-state index contributed by atoms with van der Waals surface area (Å²) in [6, 6.07) is 3.53. The highest BCUT2D eigenvalue weighted by Gasteiger charge is 2.43. The lowest BCUT2D eigenvalue weighted by Gasteiger charge is -2.32. The molecule has 0 spiro atoms. The van der Waals surface area contributed by atoms with Gasteiger partial charge in [0.25, 0.3) is 0 Å². The van der Waals surface area contributed by atoms with Crippen LogP contribution in [0.15, 0.2) is 18.2 Å². The lowest BCUT2D eigenvalue weighted by atomic mass is 10.2. The summed E-state index contributed by atoms with van der Waals surface area (Å²) in [6.07, 6.45) is -5.11. The molecule has 2 amide bonds. The van der Waals surface area contributed by atoms with Gasteiger partial charge in [-0.05, 0) is 12.1 Å². The number of anilines is 1. The van der Waals surface area contributed by atoms with E-state index in [4.69, 9.17) is 10.5 Å². The molecule has 1 aliphatic heterocycles. The summed E-state index contributed by atoms with van der Waals surface area (Å²) >= 11 is 0. The number of phenolic OH excluding ortho intramolecular Hbond substituents is 1. The van der Waals surface area contributed by atoms with Gasteiger partial charge in [0.15, 0.2) is 0 Å². The largest absolute Gasteiger partial charge is 0.508 e. The van der Waals surface area contributed by atoms with Crippen LogP contribution in [0, 0.1) is 0 Å². The van der Waals surface area contributed by atoms with Crippen molar-refractivity contribution in [2.24, 2.45) is 5.73 Å². The molecule has 0 saturated carbocycles. The van der Waals surface area contributed by atoms with Crippen molar-refractivity contribution < 1.29 is 32.6 Å². The first kappa shape index (κ1) is 16.7. The molecule has 7 nitrogen and oxygen atoms in total. The normalized spacial score (nSPS) is 16.7. The minimum absolute atomic E-state index is 0.0157. The van der Waals surface area contributed by atoms with Gasteiger partial charge in [-0.25, -0.2) is 0 Å². The third-order valence-corrected chi connectivity index (χ3v) is 3.08. The number of benzene rings is 1. The smallest absolute Gasteiger partial charge is 0.471 e. The maximum Gasteiger partial charge on any atom is 0.471 e. The average molecular weight is 333 g/mol. The second kappa shape index (κ2) is 6.23. The molecule has 1 aromatic carbocycles. The fraction of sp³-hybridized carbons (Fsp3) is 0.385. The highest BCUT2D eigenvalue weighted by Crippen LogP contribution is 2.32. The van der Waals surface area contributed by atoms with Crippen LogP contribution in [0.5, 0.6) is 11.5 Å². The van der Waals surface area contributed by atoms with Crippen molar-refractivity contribution in [1.82, 2.24) is 4.90 Å². The quantitative estimate of drug-likeness (QED) is 0.742. The number of hydrogen-bond acceptors (Lipinski definition) is 5. The SMILES string of the molecule is NC(=O)CN(CC1COc2ccc(O)cc2N1)C(=O)C(F)(F)F. The predicted molar refractivity (Wildman–Crippen MR) is 72.8 cm³/mol. The van der Waals surface area contributed by atoms with Crippen molar-refractivity contribution in [3.8, 4) is 11.5 Å². The number of ether oxygens (including phenoxy) is 1. The number of nitrogens with zero attached hydrogens (tertiary/aromatic N) is 1. The maximum atomic E-state index is 12.6. The Balaban J connectivity index is 2.11. The molecule has 1 atom stereocenters. The molecule has 0 aromatic heterocycles. The number of amides is 2. The van der Waals surface area contributed by atoms with Gasteiger partial charge >= 0.3 is 12.1 Å². The van der Waals surface area contributed by atoms with Gasteiger partial charge in [0.2, 0.25) is 5.91 Å². The van der Waals surface area contributed by atoms with Crippen LogP contribution in [-0.2, 0) is 9.59 Å². The van der Waals surface area contributed by atoms with Gasteiger partial charge in [-0.1, -0.05) is 0 Å². The maximum absolute atomic E-state index is 12.6. The number of alkyl halides is 3. The summed E-state index contributed by atoms with van der Waals surface area (Å²) < 4.78 is 43.1. The summed E-state index contributed by atoms with van der Waals surface area (Å²) in [5, 5.41) is 12.2. The number of fused-ring (bicyclic) bond motifs is 1. The van der Waals surface area contributed by atoms with E-state index in [1.165, 1.54) is 18.2 Å². The number of primary amides is 1. The monoisotopic (exact) mass is 333 g/mol. The van der Waals surface area contributed by atoms with Crippen LogP contribution in [0.25, 0.3) is 0 Å². The fourth-order valence-corrected chi connectivity index (χ4v) is 2.16. The van der Waals surface area contributed by atoms with Gasteiger partial charge in [-0.15, -0.1) is 0 Å². The second-order valence-electron chi connectivity index (χ2n) is 4.98. The van der Waals surface area contributed by atoms with Crippen LogP contribution in [0.2, 0.25) is 0 Å². The van der Waals surface area contributed by atoms with E-state index in [-0.39, 0.29) is 12.4 Å². The Morgan fingerprint density at radius 2 is 2.13 bits per heavy atom. The van der Waals surface area contributed by atoms with Gasteiger partial charge in [-0.3, -0.25) is 9.59 Å². The number of hydrogen-bond donors (Lipinski definition) is 3. The molecule has 126 valence electrons. The Bertz CT molecular complexity index is 621. The molecule has 1 aromatic rings. The zero-order chi connectivity index (χ0) is 17.2. The molecule has 0 saturated heterocycles. The molecule has 23 heavy (non-hydrogen) atoms. The number of phenols is 1. The Morgan fingerprint density at radius 1 is 1.43 bits per heavy atom. The van der Waals surface area contributed by atoms with Gasteiger partial charge in [0, 0.05) is 12.6 Å². The number of nitrogens with two attached hydrogens (primary N) is 1. The van der Waals surface area contributed by atoms with Crippen molar-refractivity contribution in [1.29, 1.82) is 0 Å². The highest BCUT2D eigenvalue weighted by atomic mass is 19.4. The van der Waals surface area contributed by atoms with Crippen molar-refractivity contribution in [2.45, 2.75) is 12.2 Å². The number of carbonyl (C=O) groups excluding carboxylic acids is 2. The molecule has 2 rings (SSSR count). The number of nitrogens with one attached hydrogen (secondary N) is 1. The van der Waals surface area contributed by atoms with Crippen LogP contribution in [0.4, 0.5) is 18.9 Å². The molecule has 0 fully saturated rings. The topological polar surface area (TPSA) is 105 Å². The Morgan fingerprint density at radius 3 is 2.74 bits per heavy atom. The lowest BCUT2D eigenvalue weighted by molar-refractivity contribution is -0.186. The van der Waals surface area contributed by atoms with Crippen LogP contribution in [-0.4, -0.2) is 53.7 Å². The first-order chi connectivity index (χ1) is 10.7. The van der Waals surface area contributed by atoms with E-state index < -0.39 is 37.1 Å². The van der Waals surface area contributed by atoms with E-state index in [2.05, 4.69) is 5.32 Å². The molecule has 10 heteroatoms. The van der Waals surface area contributed by atoms with E-state index in [1.54, 1.807) is 0 Å². The summed E-state index contributed by atoms with van der Waals surface area (Å²) in [4.78, 5) is 22.6. The average Bonchev–Trinajstić information content (AvgIpc) is 2.43. The first-order valence-corrected chi connectivity index (χ1v) is 6.53. The predicted octanol–water partition coefficient (Wildman–Crippen LogP) is 0.441. The third-order valence-electron chi connectivity index (χ3n) is 3.08. The van der Waals surface area contributed by atoms with E-state index in [1.807, 2.05) is 0 Å². The zero-order valence-corrected chi connectivity index (χ0v) is 11.8. The second-order valence-corrected chi connectivity index (χ2v) is 4.98. The Kier molecular flexibility index (Phi) is 4.52. The van der Waals surface area contributed by atoms with E-state index in [9.17, 15) is 27.9 Å². The van der Waals surface area contributed by atoms with Crippen molar-refractivity contribution in [3.05, 3.63) is 18.2 Å². The molecule has 0 aliphatic carbocycles. The molecular weight excluding hydrogens is 319 g/mol. The molecule has 4 N–H and O–H groups in total. The number of rotatable bonds is 4. The number of aromatic hydroxyl groups is 1. The van der Waals surface area contributed by atoms with Gasteiger partial charge in [0.05, 0.1) is 18.3 Å². The van der Waals surface area contributed by atoms with Crippen molar-refractivity contribution in [3.63, 3.8) is 0 Å². The summed E-state index contributed by atoms with van der Waals surface area (Å²) in [7, 11) is 0. The molecule has 1 heterocycles. The minimum atomic E-state index is -5.11. The van der Waals surface area contributed by atoms with Crippen molar-refractivity contribution >= 4 is 17.5 Å². The van der Waals surface area contributed by atoms with Crippen LogP contribution in [0.1, 0.15) is 0 Å². The molecule has 1 aliphatic rings. The minimum Gasteiger partial charge on any atom is -0.508 e. The van der Waals surface area contributed by atoms with E-state index in [0.717, 1.165) is 0 Å². The Labute approximate surface area is 128 Å². The summed E-state index contributed by atoms with van der Waals surface area (Å²) in [5.41, 5.74) is 5.27. The van der Waals surface area contributed by atoms with E-state index in [0.29, 0.717) is 16.3 Å². The molecular formula is C13H14F3N3O4. The zero-order valence-electron chi connectivity index (χ0n) is 11.8. The molecule has 0 bridgehead atoms. The highest BCUT2D eigenvalue weighted by molar-refractivity contribution is 5.87. The van der Waals surface area contributed by atoms with E-state index >= 15 is 0 Å². The first-order valence-electron chi connectivity index (χ1n) is 6.53. The summed E-state index contributed by atoms with van der Waals surface area (Å²) in [5.74, 6) is -2.85.